The van der Waals surface area contributed by atoms with Crippen molar-refractivity contribution in [3.8, 4) is 0 Å². The Bertz CT molecular complexity index is 583. The highest BCUT2D eigenvalue weighted by atomic mass is 16.5. The molecule has 1 fully saturated rings. The number of rotatable bonds is 6. The molecule has 5 heteroatoms. The molecule has 1 aromatic rings. The molecule has 1 heterocycles. The van der Waals surface area contributed by atoms with Gasteiger partial charge in [0.25, 0.3) is 0 Å². The summed E-state index contributed by atoms with van der Waals surface area (Å²) in [6, 6.07) is 7.96. The third-order valence-corrected chi connectivity index (χ3v) is 4.47. The zero-order chi connectivity index (χ0) is 16.2. The van der Waals surface area contributed by atoms with Crippen LogP contribution in [0, 0.1) is 5.92 Å². The average Bonchev–Trinajstić information content (AvgIpc) is 3.41. The van der Waals surface area contributed by atoms with Crippen molar-refractivity contribution >= 4 is 17.5 Å². The SMILES string of the molecule is CC(OCC1CC1)C(=O)NCC(=O)N1CCCc2ccccc21. The number of aryl methyl sites for hydroxylation is 1. The molecule has 0 spiro atoms. The molecule has 3 rings (SSSR count). The Hall–Kier alpha value is -1.88. The molecule has 124 valence electrons. The number of fused-ring (bicyclic) bond motifs is 1. The largest absolute Gasteiger partial charge is 0.368 e. The van der Waals surface area contributed by atoms with Crippen LogP contribution in [0.1, 0.15) is 31.7 Å². The van der Waals surface area contributed by atoms with E-state index in [1.807, 2.05) is 18.2 Å². The number of ether oxygens (including phenoxy) is 1. The molecular weight excluding hydrogens is 292 g/mol. The fraction of sp³-hybridized carbons (Fsp3) is 0.556. The lowest BCUT2D eigenvalue weighted by atomic mass is 10.0. The van der Waals surface area contributed by atoms with Crippen LogP contribution in [-0.2, 0) is 20.7 Å². The van der Waals surface area contributed by atoms with E-state index in [9.17, 15) is 9.59 Å². The van der Waals surface area contributed by atoms with E-state index in [-0.39, 0.29) is 18.4 Å². The molecule has 1 unspecified atom stereocenters. The number of hydrogen-bond acceptors (Lipinski definition) is 3. The highest BCUT2D eigenvalue weighted by molar-refractivity contribution is 5.98. The number of benzene rings is 1. The van der Waals surface area contributed by atoms with Crippen molar-refractivity contribution in [3.63, 3.8) is 0 Å². The van der Waals surface area contributed by atoms with Gasteiger partial charge in [-0.05, 0) is 50.2 Å². The maximum Gasteiger partial charge on any atom is 0.249 e. The summed E-state index contributed by atoms with van der Waals surface area (Å²) in [6.07, 6.45) is 3.84. The van der Waals surface area contributed by atoms with Gasteiger partial charge in [-0.15, -0.1) is 0 Å². The van der Waals surface area contributed by atoms with Gasteiger partial charge >= 0.3 is 0 Å². The summed E-state index contributed by atoms with van der Waals surface area (Å²) in [4.78, 5) is 26.2. The summed E-state index contributed by atoms with van der Waals surface area (Å²) in [7, 11) is 0. The standard InChI is InChI=1S/C18H24N2O3/c1-13(23-12-14-8-9-14)18(22)19-11-17(21)20-10-4-6-15-5-2-3-7-16(15)20/h2-3,5,7,13-14H,4,6,8-12H2,1H3,(H,19,22). The van der Waals surface area contributed by atoms with E-state index in [4.69, 9.17) is 4.74 Å². The van der Waals surface area contributed by atoms with E-state index in [1.165, 1.54) is 18.4 Å². The lowest BCUT2D eigenvalue weighted by Gasteiger charge is -2.29. The van der Waals surface area contributed by atoms with E-state index in [0.717, 1.165) is 18.5 Å². The van der Waals surface area contributed by atoms with Crippen molar-refractivity contribution in [2.45, 2.75) is 38.7 Å². The van der Waals surface area contributed by atoms with Crippen LogP contribution >= 0.6 is 0 Å². The van der Waals surface area contributed by atoms with Crippen LogP contribution in [0.15, 0.2) is 24.3 Å². The van der Waals surface area contributed by atoms with Crippen LogP contribution in [-0.4, -0.2) is 37.6 Å². The van der Waals surface area contributed by atoms with Crippen molar-refractivity contribution < 1.29 is 14.3 Å². The predicted octanol–water partition coefficient (Wildman–Crippen LogP) is 1.90. The molecule has 1 aromatic carbocycles. The number of carbonyl (C=O) groups is 2. The topological polar surface area (TPSA) is 58.6 Å². The Labute approximate surface area is 137 Å². The van der Waals surface area contributed by atoms with Crippen molar-refractivity contribution in [1.82, 2.24) is 5.32 Å². The van der Waals surface area contributed by atoms with Gasteiger partial charge in [0.15, 0.2) is 0 Å². The van der Waals surface area contributed by atoms with Gasteiger partial charge in [-0.3, -0.25) is 9.59 Å². The second-order valence-electron chi connectivity index (χ2n) is 6.41. The number of nitrogens with zero attached hydrogens (tertiary/aromatic N) is 1. The minimum absolute atomic E-state index is 0.0182. The minimum Gasteiger partial charge on any atom is -0.368 e. The molecule has 23 heavy (non-hydrogen) atoms. The third-order valence-electron chi connectivity index (χ3n) is 4.47. The lowest BCUT2D eigenvalue weighted by molar-refractivity contribution is -0.133. The number of hydrogen-bond donors (Lipinski definition) is 1. The van der Waals surface area contributed by atoms with Crippen LogP contribution in [0.3, 0.4) is 0 Å². The highest BCUT2D eigenvalue weighted by Crippen LogP contribution is 2.29. The van der Waals surface area contributed by atoms with Crippen LogP contribution in [0.5, 0.6) is 0 Å². The zero-order valence-electron chi connectivity index (χ0n) is 13.6. The van der Waals surface area contributed by atoms with Gasteiger partial charge in [-0.25, -0.2) is 0 Å². The molecule has 1 saturated carbocycles. The quantitative estimate of drug-likeness (QED) is 0.872. The summed E-state index contributed by atoms with van der Waals surface area (Å²) < 4.78 is 5.52. The number of anilines is 1. The van der Waals surface area contributed by atoms with Crippen LogP contribution < -0.4 is 10.2 Å². The van der Waals surface area contributed by atoms with Gasteiger partial charge < -0.3 is 15.0 Å². The zero-order valence-corrected chi connectivity index (χ0v) is 13.6. The summed E-state index contributed by atoms with van der Waals surface area (Å²) in [5.41, 5.74) is 2.16. The molecule has 0 aromatic heterocycles. The Kier molecular flexibility index (Phi) is 4.96. The van der Waals surface area contributed by atoms with Crippen LogP contribution in [0.2, 0.25) is 0 Å². The molecule has 1 aliphatic heterocycles. The van der Waals surface area contributed by atoms with E-state index in [2.05, 4.69) is 11.4 Å². The summed E-state index contributed by atoms with van der Waals surface area (Å²) in [6.45, 7) is 3.10. The monoisotopic (exact) mass is 316 g/mol. The Morgan fingerprint density at radius 1 is 1.35 bits per heavy atom. The third kappa shape index (κ3) is 4.10. The molecule has 1 atom stereocenters. The summed E-state index contributed by atoms with van der Waals surface area (Å²) >= 11 is 0. The summed E-state index contributed by atoms with van der Waals surface area (Å²) in [5, 5.41) is 2.70. The van der Waals surface area contributed by atoms with E-state index in [0.29, 0.717) is 19.1 Å². The molecule has 5 nitrogen and oxygen atoms in total. The van der Waals surface area contributed by atoms with Gasteiger partial charge in [0.2, 0.25) is 11.8 Å². The van der Waals surface area contributed by atoms with Gasteiger partial charge in [0.05, 0.1) is 13.2 Å². The molecule has 0 bridgehead atoms. The predicted molar refractivity (Wildman–Crippen MR) is 88.3 cm³/mol. The number of nitrogens with one attached hydrogen (secondary N) is 1. The summed E-state index contributed by atoms with van der Waals surface area (Å²) in [5.74, 6) is 0.334. The van der Waals surface area contributed by atoms with Gasteiger partial charge in [-0.2, -0.15) is 0 Å². The Balaban J connectivity index is 1.50. The first kappa shape index (κ1) is 16.0. The average molecular weight is 316 g/mol. The highest BCUT2D eigenvalue weighted by Gasteiger charge is 2.25. The number of amides is 2. The fourth-order valence-electron chi connectivity index (χ4n) is 2.84. The minimum atomic E-state index is -0.503. The van der Waals surface area contributed by atoms with Gasteiger partial charge in [0.1, 0.15) is 6.10 Å². The molecule has 2 aliphatic rings. The second kappa shape index (κ2) is 7.13. The molecule has 0 radical (unpaired) electrons. The first-order valence-corrected chi connectivity index (χ1v) is 8.42. The molecule has 0 saturated heterocycles. The van der Waals surface area contributed by atoms with E-state index >= 15 is 0 Å². The van der Waals surface area contributed by atoms with Gasteiger partial charge in [0, 0.05) is 12.2 Å². The van der Waals surface area contributed by atoms with Crippen molar-refractivity contribution in [3.05, 3.63) is 29.8 Å². The molecule has 1 aliphatic carbocycles. The van der Waals surface area contributed by atoms with Crippen LogP contribution in [0.4, 0.5) is 5.69 Å². The lowest BCUT2D eigenvalue weighted by Crippen LogP contribution is -2.45. The Morgan fingerprint density at radius 3 is 2.91 bits per heavy atom. The van der Waals surface area contributed by atoms with Crippen molar-refractivity contribution in [1.29, 1.82) is 0 Å². The molecular formula is C18H24N2O3. The first-order valence-electron chi connectivity index (χ1n) is 8.42. The molecule has 1 N–H and O–H groups in total. The van der Waals surface area contributed by atoms with Crippen molar-refractivity contribution in [2.24, 2.45) is 5.92 Å². The Morgan fingerprint density at radius 2 is 2.13 bits per heavy atom. The maximum atomic E-state index is 12.4. The second-order valence-corrected chi connectivity index (χ2v) is 6.41. The maximum absolute atomic E-state index is 12.4. The number of carbonyl (C=O) groups excluding carboxylic acids is 2. The van der Waals surface area contributed by atoms with Crippen molar-refractivity contribution in [2.75, 3.05) is 24.6 Å². The van der Waals surface area contributed by atoms with E-state index < -0.39 is 6.10 Å². The smallest absolute Gasteiger partial charge is 0.249 e. The first-order chi connectivity index (χ1) is 11.1. The molecule has 2 amide bonds. The van der Waals surface area contributed by atoms with Gasteiger partial charge in [-0.1, -0.05) is 18.2 Å². The number of para-hydroxylation sites is 1. The fourth-order valence-corrected chi connectivity index (χ4v) is 2.84. The van der Waals surface area contributed by atoms with Crippen LogP contribution in [0.25, 0.3) is 0 Å². The van der Waals surface area contributed by atoms with E-state index in [1.54, 1.807) is 11.8 Å². The normalized spacial score (nSPS) is 18.2.